The van der Waals surface area contributed by atoms with Gasteiger partial charge in [-0.2, -0.15) is 0 Å². The fourth-order valence-corrected chi connectivity index (χ4v) is 1.95. The zero-order valence-electron chi connectivity index (χ0n) is 11.5. The number of amides is 2. The Balaban J connectivity index is 2.00. The van der Waals surface area contributed by atoms with Crippen LogP contribution in [0.1, 0.15) is 15.9 Å². The van der Waals surface area contributed by atoms with Gasteiger partial charge in [-0.15, -0.1) is 0 Å². The molecule has 0 aliphatic carbocycles. The smallest absolute Gasteiger partial charge is 0.248 e. The van der Waals surface area contributed by atoms with Crippen LogP contribution in [-0.4, -0.2) is 17.9 Å². The number of nitrogens with two attached hydrogens (primary N) is 2. The van der Waals surface area contributed by atoms with E-state index < -0.39 is 11.9 Å². The number of hydrogen-bond acceptors (Lipinski definition) is 3. The van der Waals surface area contributed by atoms with E-state index in [4.69, 9.17) is 11.5 Å². The van der Waals surface area contributed by atoms with Crippen molar-refractivity contribution in [3.8, 4) is 0 Å². The standard InChI is InChI=1S/C16H17N3O2/c17-14(9-11-5-2-1-3-6-11)16(21)19-13-8-4-7-12(10-13)15(18)20/h1-8,10,14H,9,17H2,(H2,18,20)(H,19,21)/t14-/m0/s1. The van der Waals surface area contributed by atoms with Crippen LogP contribution < -0.4 is 16.8 Å². The molecule has 2 aromatic carbocycles. The minimum Gasteiger partial charge on any atom is -0.366 e. The molecule has 2 aromatic rings. The molecule has 108 valence electrons. The first-order valence-corrected chi connectivity index (χ1v) is 6.56. The van der Waals surface area contributed by atoms with Gasteiger partial charge in [-0.1, -0.05) is 36.4 Å². The minimum absolute atomic E-state index is 0.305. The fraction of sp³-hybridized carbons (Fsp3) is 0.125. The van der Waals surface area contributed by atoms with Crippen molar-refractivity contribution in [2.75, 3.05) is 5.32 Å². The summed E-state index contributed by atoms with van der Waals surface area (Å²) in [4.78, 5) is 23.1. The number of benzene rings is 2. The molecule has 0 spiro atoms. The minimum atomic E-state index is -0.662. The van der Waals surface area contributed by atoms with E-state index in [1.54, 1.807) is 18.2 Å². The van der Waals surface area contributed by atoms with Crippen LogP contribution in [0.15, 0.2) is 54.6 Å². The molecule has 2 amide bonds. The number of nitrogens with one attached hydrogen (secondary N) is 1. The van der Waals surface area contributed by atoms with Crippen molar-refractivity contribution in [1.82, 2.24) is 0 Å². The second-order valence-corrected chi connectivity index (χ2v) is 4.73. The Morgan fingerprint density at radius 2 is 1.76 bits per heavy atom. The summed E-state index contributed by atoms with van der Waals surface area (Å²) in [6.45, 7) is 0. The molecule has 1 atom stereocenters. The van der Waals surface area contributed by atoms with Gasteiger partial charge in [0.25, 0.3) is 0 Å². The highest BCUT2D eigenvalue weighted by Crippen LogP contribution is 2.11. The summed E-state index contributed by atoms with van der Waals surface area (Å²) in [6.07, 6.45) is 0.447. The van der Waals surface area contributed by atoms with Crippen LogP contribution in [0, 0.1) is 0 Å². The lowest BCUT2D eigenvalue weighted by Crippen LogP contribution is -2.37. The van der Waals surface area contributed by atoms with Crippen LogP contribution in [0.25, 0.3) is 0 Å². The molecular formula is C16H17N3O2. The largest absolute Gasteiger partial charge is 0.366 e. The zero-order chi connectivity index (χ0) is 15.2. The first kappa shape index (κ1) is 14.7. The van der Waals surface area contributed by atoms with E-state index in [2.05, 4.69) is 5.32 Å². The van der Waals surface area contributed by atoms with Crippen LogP contribution in [0.5, 0.6) is 0 Å². The van der Waals surface area contributed by atoms with Gasteiger partial charge in [-0.25, -0.2) is 0 Å². The molecule has 0 saturated heterocycles. The lowest BCUT2D eigenvalue weighted by molar-refractivity contribution is -0.117. The van der Waals surface area contributed by atoms with Gasteiger partial charge >= 0.3 is 0 Å². The first-order valence-electron chi connectivity index (χ1n) is 6.56. The maximum Gasteiger partial charge on any atom is 0.248 e. The summed E-state index contributed by atoms with van der Waals surface area (Å²) in [7, 11) is 0. The average Bonchev–Trinajstić information content (AvgIpc) is 2.48. The lowest BCUT2D eigenvalue weighted by atomic mass is 10.1. The number of carbonyl (C=O) groups excluding carboxylic acids is 2. The highest BCUT2D eigenvalue weighted by Gasteiger charge is 2.14. The molecule has 0 saturated carbocycles. The predicted octanol–water partition coefficient (Wildman–Crippen LogP) is 1.29. The van der Waals surface area contributed by atoms with E-state index in [0.717, 1.165) is 5.56 Å². The van der Waals surface area contributed by atoms with Gasteiger partial charge < -0.3 is 16.8 Å². The first-order chi connectivity index (χ1) is 10.1. The summed E-state index contributed by atoms with van der Waals surface area (Å²) in [5.41, 5.74) is 12.9. The molecule has 0 aliphatic rings. The number of rotatable bonds is 5. The van der Waals surface area contributed by atoms with Crippen molar-refractivity contribution >= 4 is 17.5 Å². The molecule has 5 N–H and O–H groups in total. The van der Waals surface area contributed by atoms with Crippen molar-refractivity contribution in [2.24, 2.45) is 11.5 Å². The summed E-state index contributed by atoms with van der Waals surface area (Å²) in [5, 5.41) is 2.69. The van der Waals surface area contributed by atoms with Crippen LogP contribution in [0.4, 0.5) is 5.69 Å². The van der Waals surface area contributed by atoms with Crippen LogP contribution in [0.3, 0.4) is 0 Å². The van der Waals surface area contributed by atoms with Gasteiger partial charge in [0.15, 0.2) is 0 Å². The Hall–Kier alpha value is -2.66. The number of anilines is 1. The van der Waals surface area contributed by atoms with Crippen LogP contribution in [0.2, 0.25) is 0 Å². The van der Waals surface area contributed by atoms with Gasteiger partial charge in [-0.05, 0) is 30.2 Å². The molecule has 0 unspecified atom stereocenters. The molecule has 5 nitrogen and oxygen atoms in total. The normalized spacial score (nSPS) is 11.7. The summed E-state index contributed by atoms with van der Waals surface area (Å²) >= 11 is 0. The van der Waals surface area contributed by atoms with Gasteiger partial charge in [-0.3, -0.25) is 9.59 Å². The van der Waals surface area contributed by atoms with Crippen molar-refractivity contribution in [1.29, 1.82) is 0 Å². The van der Waals surface area contributed by atoms with Crippen molar-refractivity contribution < 1.29 is 9.59 Å². The molecule has 0 fully saturated rings. The third-order valence-electron chi connectivity index (χ3n) is 3.05. The van der Waals surface area contributed by atoms with Crippen molar-refractivity contribution in [2.45, 2.75) is 12.5 Å². The Morgan fingerprint density at radius 1 is 1.05 bits per heavy atom. The van der Waals surface area contributed by atoms with E-state index in [9.17, 15) is 9.59 Å². The third kappa shape index (κ3) is 4.15. The maximum atomic E-state index is 12.0. The van der Waals surface area contributed by atoms with E-state index in [0.29, 0.717) is 17.7 Å². The second-order valence-electron chi connectivity index (χ2n) is 4.73. The number of primary amides is 1. The Labute approximate surface area is 123 Å². The third-order valence-corrected chi connectivity index (χ3v) is 3.05. The lowest BCUT2D eigenvalue weighted by Gasteiger charge is -2.12. The topological polar surface area (TPSA) is 98.2 Å². The monoisotopic (exact) mass is 283 g/mol. The van der Waals surface area contributed by atoms with Crippen molar-refractivity contribution in [3.05, 3.63) is 65.7 Å². The number of carbonyl (C=O) groups is 2. The van der Waals surface area contributed by atoms with E-state index in [1.807, 2.05) is 30.3 Å². The molecule has 2 rings (SSSR count). The highest BCUT2D eigenvalue weighted by atomic mass is 16.2. The van der Waals surface area contributed by atoms with Crippen molar-refractivity contribution in [3.63, 3.8) is 0 Å². The Morgan fingerprint density at radius 3 is 2.43 bits per heavy atom. The van der Waals surface area contributed by atoms with Gasteiger partial charge in [0.1, 0.15) is 0 Å². The fourth-order valence-electron chi connectivity index (χ4n) is 1.95. The van der Waals surface area contributed by atoms with Gasteiger partial charge in [0, 0.05) is 11.3 Å². The van der Waals surface area contributed by atoms with Gasteiger partial charge in [0.05, 0.1) is 6.04 Å². The summed E-state index contributed by atoms with van der Waals surface area (Å²) in [5.74, 6) is -0.847. The molecule has 5 heteroatoms. The van der Waals surface area contributed by atoms with E-state index in [-0.39, 0.29) is 5.91 Å². The van der Waals surface area contributed by atoms with Gasteiger partial charge in [0.2, 0.25) is 11.8 Å². The molecule has 0 aliphatic heterocycles. The predicted molar refractivity (Wildman–Crippen MR) is 81.7 cm³/mol. The molecule has 0 bridgehead atoms. The Bertz CT molecular complexity index is 641. The highest BCUT2D eigenvalue weighted by molar-refractivity contribution is 5.97. The zero-order valence-corrected chi connectivity index (χ0v) is 11.5. The van der Waals surface area contributed by atoms with Crippen LogP contribution in [-0.2, 0) is 11.2 Å². The van der Waals surface area contributed by atoms with E-state index >= 15 is 0 Å². The molecular weight excluding hydrogens is 266 g/mol. The van der Waals surface area contributed by atoms with Crippen LogP contribution >= 0.6 is 0 Å². The Kier molecular flexibility index (Phi) is 4.68. The summed E-state index contributed by atoms with van der Waals surface area (Å²) in [6, 6.07) is 15.3. The molecule has 0 radical (unpaired) electrons. The second kappa shape index (κ2) is 6.67. The quantitative estimate of drug-likeness (QED) is 0.771. The molecule has 0 heterocycles. The maximum absolute atomic E-state index is 12.0. The molecule has 0 aromatic heterocycles. The summed E-state index contributed by atoms with van der Waals surface area (Å²) < 4.78 is 0. The SMILES string of the molecule is NC(=O)c1cccc(NC(=O)[C@@H](N)Cc2ccccc2)c1. The number of hydrogen-bond donors (Lipinski definition) is 3. The average molecular weight is 283 g/mol. The molecule has 21 heavy (non-hydrogen) atoms. The van der Waals surface area contributed by atoms with E-state index in [1.165, 1.54) is 6.07 Å².